The SMILES string of the molecule is Cc1cccc(Nc2nccc(C(=O)Nc3ccccc3C)n2)c1. The zero-order chi connectivity index (χ0) is 16.9. The van der Waals surface area contributed by atoms with Crippen LogP contribution in [0, 0.1) is 13.8 Å². The lowest BCUT2D eigenvalue weighted by Gasteiger charge is -2.09. The molecule has 0 radical (unpaired) electrons. The molecule has 0 fully saturated rings. The van der Waals surface area contributed by atoms with Crippen LogP contribution < -0.4 is 10.6 Å². The maximum atomic E-state index is 12.4. The van der Waals surface area contributed by atoms with Gasteiger partial charge in [0.05, 0.1) is 0 Å². The first-order chi connectivity index (χ1) is 11.6. The van der Waals surface area contributed by atoms with Crippen molar-refractivity contribution in [2.75, 3.05) is 10.6 Å². The Labute approximate surface area is 140 Å². The van der Waals surface area contributed by atoms with Gasteiger partial charge in [-0.2, -0.15) is 0 Å². The topological polar surface area (TPSA) is 66.9 Å². The molecule has 3 rings (SSSR count). The summed E-state index contributed by atoms with van der Waals surface area (Å²) in [6.45, 7) is 3.96. The summed E-state index contributed by atoms with van der Waals surface area (Å²) in [4.78, 5) is 20.9. The third kappa shape index (κ3) is 3.76. The highest BCUT2D eigenvalue weighted by Gasteiger charge is 2.10. The molecule has 5 nitrogen and oxygen atoms in total. The molecule has 1 heterocycles. The van der Waals surface area contributed by atoms with Crippen LogP contribution in [0.5, 0.6) is 0 Å². The summed E-state index contributed by atoms with van der Waals surface area (Å²) in [6, 6.07) is 17.1. The predicted molar refractivity (Wildman–Crippen MR) is 95.6 cm³/mol. The molecule has 0 atom stereocenters. The van der Waals surface area contributed by atoms with Gasteiger partial charge in [-0.25, -0.2) is 9.97 Å². The standard InChI is InChI=1S/C19H18N4O/c1-13-6-5-8-15(12-13)21-19-20-11-10-17(23-19)18(24)22-16-9-4-3-7-14(16)2/h3-12H,1-2H3,(H,22,24)(H,20,21,23). The number of rotatable bonds is 4. The third-order valence-corrected chi connectivity index (χ3v) is 3.56. The fourth-order valence-electron chi connectivity index (χ4n) is 2.30. The van der Waals surface area contributed by atoms with Crippen molar-refractivity contribution in [3.63, 3.8) is 0 Å². The lowest BCUT2D eigenvalue weighted by molar-refractivity contribution is 0.102. The molecule has 0 saturated heterocycles. The fourth-order valence-corrected chi connectivity index (χ4v) is 2.30. The Kier molecular flexibility index (Phi) is 4.52. The first kappa shape index (κ1) is 15.7. The predicted octanol–water partition coefficient (Wildman–Crippen LogP) is 4.09. The Morgan fingerprint density at radius 2 is 1.83 bits per heavy atom. The maximum absolute atomic E-state index is 12.4. The number of carbonyl (C=O) groups excluding carboxylic acids is 1. The van der Waals surface area contributed by atoms with Gasteiger partial charge in [-0.05, 0) is 49.2 Å². The number of benzene rings is 2. The van der Waals surface area contributed by atoms with E-state index < -0.39 is 0 Å². The lowest BCUT2D eigenvalue weighted by atomic mass is 10.2. The Morgan fingerprint density at radius 3 is 2.62 bits per heavy atom. The van der Waals surface area contributed by atoms with E-state index in [0.29, 0.717) is 11.6 Å². The second kappa shape index (κ2) is 6.91. The largest absolute Gasteiger partial charge is 0.324 e. The van der Waals surface area contributed by atoms with Gasteiger partial charge in [0, 0.05) is 17.6 Å². The fraction of sp³-hybridized carbons (Fsp3) is 0.105. The van der Waals surface area contributed by atoms with Gasteiger partial charge in [-0.3, -0.25) is 4.79 Å². The quantitative estimate of drug-likeness (QED) is 0.760. The molecule has 1 amide bonds. The molecule has 1 aromatic heterocycles. The van der Waals surface area contributed by atoms with Crippen LogP contribution in [0.15, 0.2) is 60.8 Å². The molecule has 0 aliphatic rings. The molecule has 0 saturated carbocycles. The second-order valence-electron chi connectivity index (χ2n) is 5.53. The van der Waals surface area contributed by atoms with Crippen molar-refractivity contribution in [1.82, 2.24) is 9.97 Å². The van der Waals surface area contributed by atoms with E-state index in [4.69, 9.17) is 0 Å². The highest BCUT2D eigenvalue weighted by Crippen LogP contribution is 2.16. The number of para-hydroxylation sites is 1. The minimum absolute atomic E-state index is 0.265. The molecule has 0 aliphatic heterocycles. The van der Waals surface area contributed by atoms with Crippen LogP contribution in [0.25, 0.3) is 0 Å². The molecule has 24 heavy (non-hydrogen) atoms. The summed E-state index contributed by atoms with van der Waals surface area (Å²) >= 11 is 0. The van der Waals surface area contributed by atoms with E-state index in [1.54, 1.807) is 12.3 Å². The van der Waals surface area contributed by atoms with Gasteiger partial charge >= 0.3 is 0 Å². The Bertz CT molecular complexity index is 877. The Morgan fingerprint density at radius 1 is 1.00 bits per heavy atom. The van der Waals surface area contributed by atoms with E-state index in [-0.39, 0.29) is 5.91 Å². The lowest BCUT2D eigenvalue weighted by Crippen LogP contribution is -2.15. The molecule has 3 aromatic rings. The van der Waals surface area contributed by atoms with Crippen molar-refractivity contribution in [3.8, 4) is 0 Å². The van der Waals surface area contributed by atoms with E-state index >= 15 is 0 Å². The Balaban J connectivity index is 1.77. The van der Waals surface area contributed by atoms with Crippen molar-refractivity contribution >= 4 is 23.2 Å². The van der Waals surface area contributed by atoms with Crippen LogP contribution in [0.4, 0.5) is 17.3 Å². The highest BCUT2D eigenvalue weighted by atomic mass is 16.1. The van der Waals surface area contributed by atoms with Crippen LogP contribution in [-0.4, -0.2) is 15.9 Å². The minimum Gasteiger partial charge on any atom is -0.324 e. The summed E-state index contributed by atoms with van der Waals surface area (Å²) in [7, 11) is 0. The van der Waals surface area contributed by atoms with E-state index in [0.717, 1.165) is 22.5 Å². The van der Waals surface area contributed by atoms with Crippen molar-refractivity contribution in [1.29, 1.82) is 0 Å². The maximum Gasteiger partial charge on any atom is 0.274 e. The van der Waals surface area contributed by atoms with E-state index in [2.05, 4.69) is 20.6 Å². The number of hydrogen-bond donors (Lipinski definition) is 2. The molecule has 2 aromatic carbocycles. The van der Waals surface area contributed by atoms with Gasteiger partial charge in [-0.1, -0.05) is 30.3 Å². The van der Waals surface area contributed by atoms with Crippen molar-refractivity contribution < 1.29 is 4.79 Å². The van der Waals surface area contributed by atoms with Gasteiger partial charge in [0.1, 0.15) is 5.69 Å². The molecule has 0 spiro atoms. The van der Waals surface area contributed by atoms with Gasteiger partial charge < -0.3 is 10.6 Å². The summed E-state index contributed by atoms with van der Waals surface area (Å²) in [5, 5.41) is 5.98. The van der Waals surface area contributed by atoms with Crippen molar-refractivity contribution in [3.05, 3.63) is 77.6 Å². The minimum atomic E-state index is -0.265. The van der Waals surface area contributed by atoms with Crippen LogP contribution in [0.3, 0.4) is 0 Å². The molecular formula is C19H18N4O. The number of hydrogen-bond acceptors (Lipinski definition) is 4. The zero-order valence-corrected chi connectivity index (χ0v) is 13.6. The zero-order valence-electron chi connectivity index (χ0n) is 13.6. The van der Waals surface area contributed by atoms with Crippen LogP contribution in [0.1, 0.15) is 21.6 Å². The summed E-state index contributed by atoms with van der Waals surface area (Å²) in [5.74, 6) is 0.122. The molecular weight excluding hydrogens is 300 g/mol. The highest BCUT2D eigenvalue weighted by molar-refractivity contribution is 6.03. The number of anilines is 3. The monoisotopic (exact) mass is 318 g/mol. The van der Waals surface area contributed by atoms with E-state index in [9.17, 15) is 4.79 Å². The van der Waals surface area contributed by atoms with Crippen molar-refractivity contribution in [2.45, 2.75) is 13.8 Å². The molecule has 2 N–H and O–H groups in total. The molecule has 0 aliphatic carbocycles. The number of carbonyl (C=O) groups is 1. The molecule has 120 valence electrons. The number of aryl methyl sites for hydroxylation is 2. The smallest absolute Gasteiger partial charge is 0.274 e. The molecule has 0 bridgehead atoms. The average Bonchev–Trinajstić information content (AvgIpc) is 2.57. The van der Waals surface area contributed by atoms with Crippen LogP contribution in [0.2, 0.25) is 0 Å². The second-order valence-corrected chi connectivity index (χ2v) is 5.53. The molecule has 5 heteroatoms. The first-order valence-electron chi connectivity index (χ1n) is 7.65. The van der Waals surface area contributed by atoms with Crippen molar-refractivity contribution in [2.24, 2.45) is 0 Å². The average molecular weight is 318 g/mol. The number of nitrogens with zero attached hydrogens (tertiary/aromatic N) is 2. The summed E-state index contributed by atoms with van der Waals surface area (Å²) in [5.41, 5.74) is 4.09. The van der Waals surface area contributed by atoms with Gasteiger partial charge in [-0.15, -0.1) is 0 Å². The number of amides is 1. The van der Waals surface area contributed by atoms with Crippen LogP contribution >= 0.6 is 0 Å². The first-order valence-corrected chi connectivity index (χ1v) is 7.65. The Hall–Kier alpha value is -3.21. The van der Waals surface area contributed by atoms with E-state index in [1.807, 2.05) is 62.4 Å². The normalized spacial score (nSPS) is 10.2. The summed E-state index contributed by atoms with van der Waals surface area (Å²) < 4.78 is 0. The molecule has 0 unspecified atom stereocenters. The third-order valence-electron chi connectivity index (χ3n) is 3.56. The number of aromatic nitrogens is 2. The number of nitrogens with one attached hydrogen (secondary N) is 2. The van der Waals surface area contributed by atoms with Gasteiger partial charge in [0.15, 0.2) is 0 Å². The van der Waals surface area contributed by atoms with Gasteiger partial charge in [0.2, 0.25) is 5.95 Å². The van der Waals surface area contributed by atoms with Gasteiger partial charge in [0.25, 0.3) is 5.91 Å². The van der Waals surface area contributed by atoms with E-state index in [1.165, 1.54) is 0 Å². The van der Waals surface area contributed by atoms with Crippen LogP contribution in [-0.2, 0) is 0 Å². The summed E-state index contributed by atoms with van der Waals surface area (Å²) in [6.07, 6.45) is 1.57.